The molecule has 2 fully saturated rings. The standard InChI is InChI=1S/C17H34N2O2/c1-4-19-9-10-20-16(11-19)12-21-17(13-18)7-5-15(6-8-17)14(2)3/h14-16H,4-13,18H2,1-3H3. The van der Waals surface area contributed by atoms with E-state index in [1.54, 1.807) is 0 Å². The molecule has 0 radical (unpaired) electrons. The largest absolute Gasteiger partial charge is 0.373 e. The Hall–Kier alpha value is -0.160. The van der Waals surface area contributed by atoms with E-state index in [1.807, 2.05) is 0 Å². The summed E-state index contributed by atoms with van der Waals surface area (Å²) in [5.74, 6) is 1.62. The van der Waals surface area contributed by atoms with Gasteiger partial charge < -0.3 is 15.2 Å². The van der Waals surface area contributed by atoms with Gasteiger partial charge >= 0.3 is 0 Å². The van der Waals surface area contributed by atoms with Crippen LogP contribution in [-0.4, -0.2) is 56.0 Å². The summed E-state index contributed by atoms with van der Waals surface area (Å²) in [6, 6.07) is 0. The van der Waals surface area contributed by atoms with Gasteiger partial charge in [-0.3, -0.25) is 4.90 Å². The lowest BCUT2D eigenvalue weighted by Crippen LogP contribution is -2.49. The minimum Gasteiger partial charge on any atom is -0.373 e. The summed E-state index contributed by atoms with van der Waals surface area (Å²) >= 11 is 0. The Morgan fingerprint density at radius 2 is 2.05 bits per heavy atom. The van der Waals surface area contributed by atoms with E-state index in [9.17, 15) is 0 Å². The van der Waals surface area contributed by atoms with Gasteiger partial charge in [-0.2, -0.15) is 0 Å². The highest BCUT2D eigenvalue weighted by atomic mass is 16.5. The number of hydrogen-bond acceptors (Lipinski definition) is 4. The smallest absolute Gasteiger partial charge is 0.0935 e. The van der Waals surface area contributed by atoms with Crippen molar-refractivity contribution in [1.82, 2.24) is 4.90 Å². The van der Waals surface area contributed by atoms with Gasteiger partial charge in [0.2, 0.25) is 0 Å². The van der Waals surface area contributed by atoms with E-state index in [0.29, 0.717) is 13.2 Å². The summed E-state index contributed by atoms with van der Waals surface area (Å²) in [7, 11) is 0. The van der Waals surface area contributed by atoms with E-state index in [-0.39, 0.29) is 11.7 Å². The zero-order chi connectivity index (χ0) is 15.3. The third kappa shape index (κ3) is 4.65. The number of ether oxygens (including phenoxy) is 2. The molecule has 1 aliphatic carbocycles. The summed E-state index contributed by atoms with van der Waals surface area (Å²) in [5.41, 5.74) is 5.96. The summed E-state index contributed by atoms with van der Waals surface area (Å²) in [6.07, 6.45) is 4.93. The fraction of sp³-hybridized carbons (Fsp3) is 1.00. The van der Waals surface area contributed by atoms with Crippen molar-refractivity contribution in [2.75, 3.05) is 39.4 Å². The maximum absolute atomic E-state index is 6.30. The first-order valence-electron chi connectivity index (χ1n) is 8.76. The monoisotopic (exact) mass is 298 g/mol. The van der Waals surface area contributed by atoms with Crippen LogP contribution in [0.2, 0.25) is 0 Å². The van der Waals surface area contributed by atoms with Crippen LogP contribution in [-0.2, 0) is 9.47 Å². The van der Waals surface area contributed by atoms with E-state index < -0.39 is 0 Å². The predicted octanol–water partition coefficient (Wildman–Crippen LogP) is 2.27. The van der Waals surface area contributed by atoms with E-state index in [1.165, 1.54) is 12.8 Å². The Balaban J connectivity index is 1.80. The molecule has 0 aromatic heterocycles. The van der Waals surface area contributed by atoms with E-state index >= 15 is 0 Å². The summed E-state index contributed by atoms with van der Waals surface area (Å²) in [6.45, 7) is 12.2. The molecule has 0 spiro atoms. The van der Waals surface area contributed by atoms with Crippen molar-refractivity contribution in [3.63, 3.8) is 0 Å². The van der Waals surface area contributed by atoms with Crippen LogP contribution in [0.4, 0.5) is 0 Å². The molecule has 0 aromatic carbocycles. The van der Waals surface area contributed by atoms with Crippen LogP contribution >= 0.6 is 0 Å². The maximum Gasteiger partial charge on any atom is 0.0935 e. The van der Waals surface area contributed by atoms with Crippen LogP contribution < -0.4 is 5.73 Å². The second kappa shape index (κ2) is 7.91. The minimum absolute atomic E-state index is 0.0940. The van der Waals surface area contributed by atoms with Crippen molar-refractivity contribution >= 4 is 0 Å². The average molecular weight is 298 g/mol. The van der Waals surface area contributed by atoms with Crippen molar-refractivity contribution in [3.8, 4) is 0 Å². The highest BCUT2D eigenvalue weighted by Crippen LogP contribution is 2.37. The molecule has 21 heavy (non-hydrogen) atoms. The number of nitrogens with two attached hydrogens (primary N) is 1. The Labute approximate surface area is 130 Å². The fourth-order valence-corrected chi connectivity index (χ4v) is 3.68. The normalized spacial score (nSPS) is 35.3. The zero-order valence-electron chi connectivity index (χ0n) is 14.1. The molecule has 1 unspecified atom stereocenters. The number of nitrogens with zero attached hydrogens (tertiary/aromatic N) is 1. The van der Waals surface area contributed by atoms with Crippen molar-refractivity contribution < 1.29 is 9.47 Å². The van der Waals surface area contributed by atoms with Gasteiger partial charge in [-0.05, 0) is 44.1 Å². The molecule has 1 aliphatic heterocycles. The van der Waals surface area contributed by atoms with Crippen molar-refractivity contribution in [3.05, 3.63) is 0 Å². The van der Waals surface area contributed by atoms with Gasteiger partial charge in [0.15, 0.2) is 0 Å². The molecule has 0 aromatic rings. The number of rotatable bonds is 6. The Kier molecular flexibility index (Phi) is 6.48. The van der Waals surface area contributed by atoms with Gasteiger partial charge in [-0.25, -0.2) is 0 Å². The number of morpholine rings is 1. The first-order chi connectivity index (χ1) is 10.1. The molecule has 0 bridgehead atoms. The first-order valence-corrected chi connectivity index (χ1v) is 8.76. The molecule has 2 N–H and O–H groups in total. The van der Waals surface area contributed by atoms with Gasteiger partial charge in [0.25, 0.3) is 0 Å². The minimum atomic E-state index is -0.0940. The number of hydrogen-bond donors (Lipinski definition) is 1. The molecule has 2 aliphatic rings. The van der Waals surface area contributed by atoms with E-state index in [2.05, 4.69) is 25.7 Å². The Morgan fingerprint density at radius 3 is 2.62 bits per heavy atom. The van der Waals surface area contributed by atoms with Crippen LogP contribution in [0.1, 0.15) is 46.5 Å². The molecule has 4 nitrogen and oxygen atoms in total. The van der Waals surface area contributed by atoms with Gasteiger partial charge in [0.05, 0.1) is 24.9 Å². The predicted molar refractivity (Wildman–Crippen MR) is 86.4 cm³/mol. The average Bonchev–Trinajstić information content (AvgIpc) is 2.53. The van der Waals surface area contributed by atoms with Gasteiger partial charge in [0.1, 0.15) is 0 Å². The Bertz CT molecular complexity index is 301. The fourth-order valence-electron chi connectivity index (χ4n) is 3.68. The van der Waals surface area contributed by atoms with Gasteiger partial charge in [-0.15, -0.1) is 0 Å². The molecule has 1 atom stereocenters. The van der Waals surface area contributed by atoms with Crippen LogP contribution in [0.25, 0.3) is 0 Å². The zero-order valence-corrected chi connectivity index (χ0v) is 14.1. The summed E-state index contributed by atoms with van der Waals surface area (Å²) in [5, 5.41) is 0. The lowest BCUT2D eigenvalue weighted by atomic mass is 9.74. The quantitative estimate of drug-likeness (QED) is 0.817. The molecule has 0 amide bonds. The van der Waals surface area contributed by atoms with Crippen molar-refractivity contribution in [2.24, 2.45) is 17.6 Å². The molecule has 2 rings (SSSR count). The second-order valence-corrected chi connectivity index (χ2v) is 7.17. The SMILES string of the molecule is CCN1CCOC(COC2(CN)CCC(C(C)C)CC2)C1. The van der Waals surface area contributed by atoms with Gasteiger partial charge in [-0.1, -0.05) is 20.8 Å². The first kappa shape index (κ1) is 17.2. The van der Waals surface area contributed by atoms with Crippen LogP contribution in [0.15, 0.2) is 0 Å². The maximum atomic E-state index is 6.30. The van der Waals surface area contributed by atoms with Crippen molar-refractivity contribution in [2.45, 2.75) is 58.2 Å². The molecule has 4 heteroatoms. The highest BCUT2D eigenvalue weighted by Gasteiger charge is 2.36. The Morgan fingerprint density at radius 1 is 1.33 bits per heavy atom. The van der Waals surface area contributed by atoms with Crippen molar-refractivity contribution in [1.29, 1.82) is 0 Å². The lowest BCUT2D eigenvalue weighted by molar-refractivity contribution is -0.131. The molecule has 1 saturated carbocycles. The third-order valence-electron chi connectivity index (χ3n) is 5.50. The second-order valence-electron chi connectivity index (χ2n) is 7.17. The highest BCUT2D eigenvalue weighted by molar-refractivity contribution is 4.89. The lowest BCUT2D eigenvalue weighted by Gasteiger charge is -2.42. The van der Waals surface area contributed by atoms with Crippen LogP contribution in [0.5, 0.6) is 0 Å². The van der Waals surface area contributed by atoms with Crippen LogP contribution in [0.3, 0.4) is 0 Å². The van der Waals surface area contributed by atoms with E-state index in [0.717, 1.165) is 50.9 Å². The number of likely N-dealkylation sites (N-methyl/N-ethyl adjacent to an activating group) is 1. The summed E-state index contributed by atoms with van der Waals surface area (Å²) < 4.78 is 12.1. The topological polar surface area (TPSA) is 47.7 Å². The molecule has 1 heterocycles. The molecule has 124 valence electrons. The molecular formula is C17H34N2O2. The molecule has 1 saturated heterocycles. The third-order valence-corrected chi connectivity index (χ3v) is 5.50. The van der Waals surface area contributed by atoms with Gasteiger partial charge in [0, 0.05) is 19.6 Å². The van der Waals surface area contributed by atoms with E-state index in [4.69, 9.17) is 15.2 Å². The van der Waals surface area contributed by atoms with Crippen LogP contribution in [0, 0.1) is 11.8 Å². The molecular weight excluding hydrogens is 264 g/mol. The summed E-state index contributed by atoms with van der Waals surface area (Å²) in [4.78, 5) is 2.43.